The molecule has 1 aromatic rings. The number of nitrogens with zero attached hydrogens (tertiary/aromatic N) is 2. The van der Waals surface area contributed by atoms with Crippen molar-refractivity contribution in [2.24, 2.45) is 0 Å². The van der Waals surface area contributed by atoms with Crippen LogP contribution in [0, 0.1) is 0 Å². The van der Waals surface area contributed by atoms with Crippen molar-refractivity contribution in [1.82, 2.24) is 20.6 Å². The Kier molecular flexibility index (Phi) is 5.30. The highest BCUT2D eigenvalue weighted by molar-refractivity contribution is 5.98. The molecule has 0 atom stereocenters. The molecular formula is C15H22N4O3. The van der Waals surface area contributed by atoms with E-state index in [1.54, 1.807) is 0 Å². The van der Waals surface area contributed by atoms with Crippen molar-refractivity contribution in [3.63, 3.8) is 0 Å². The lowest BCUT2D eigenvalue weighted by atomic mass is 9.96. The number of nitrogens with one attached hydrogen (secondary N) is 2. The number of amides is 2. The minimum Gasteiger partial charge on any atom is -0.477 e. The average Bonchev–Trinajstić information content (AvgIpc) is 2.98. The summed E-state index contributed by atoms with van der Waals surface area (Å²) in [4.78, 5) is 32.7. The number of likely N-dealkylation sites (N-methyl/N-ethyl adjacent to an activating group) is 1. The van der Waals surface area contributed by atoms with Crippen LogP contribution in [0.4, 0.5) is 0 Å². The van der Waals surface area contributed by atoms with Gasteiger partial charge in [-0.15, -0.1) is 0 Å². The number of aromatic nitrogens is 2. The largest absolute Gasteiger partial charge is 0.477 e. The van der Waals surface area contributed by atoms with Gasteiger partial charge in [0, 0.05) is 6.54 Å². The second-order valence-corrected chi connectivity index (χ2v) is 5.28. The molecule has 1 saturated carbocycles. The molecule has 2 rings (SSSR count). The Morgan fingerprint density at radius 2 is 1.95 bits per heavy atom. The zero-order valence-electron chi connectivity index (χ0n) is 13.0. The minimum atomic E-state index is -0.826. The van der Waals surface area contributed by atoms with Gasteiger partial charge in [0.25, 0.3) is 5.91 Å². The molecule has 1 aliphatic rings. The molecule has 0 radical (unpaired) electrons. The number of hydrogen-bond acceptors (Lipinski definition) is 5. The first-order valence-electron chi connectivity index (χ1n) is 7.67. The first kappa shape index (κ1) is 16.2. The molecule has 0 saturated heterocycles. The highest BCUT2D eigenvalue weighted by Crippen LogP contribution is 2.30. The molecule has 1 aliphatic carbocycles. The van der Waals surface area contributed by atoms with Gasteiger partial charge >= 0.3 is 0 Å². The van der Waals surface area contributed by atoms with Crippen LogP contribution in [0.5, 0.6) is 5.88 Å². The lowest BCUT2D eigenvalue weighted by molar-refractivity contribution is -0.127. The molecule has 0 spiro atoms. The van der Waals surface area contributed by atoms with Crippen LogP contribution < -0.4 is 15.4 Å². The second kappa shape index (κ2) is 7.20. The standard InChI is InChI=1S/C15H22N4O3/c1-3-16-14(21)15(7-5-6-8-15)19-13(20)11-9-18-12(10-17-11)22-4-2/h9-10H,3-8H2,1-2H3,(H,16,21)(H,19,20). The second-order valence-electron chi connectivity index (χ2n) is 5.28. The fraction of sp³-hybridized carbons (Fsp3) is 0.600. The maximum Gasteiger partial charge on any atom is 0.272 e. The number of rotatable bonds is 6. The Morgan fingerprint density at radius 1 is 1.23 bits per heavy atom. The maximum atomic E-state index is 12.3. The summed E-state index contributed by atoms with van der Waals surface area (Å²) < 4.78 is 5.19. The lowest BCUT2D eigenvalue weighted by Crippen LogP contribution is -2.57. The molecule has 2 N–H and O–H groups in total. The van der Waals surface area contributed by atoms with E-state index in [0.29, 0.717) is 31.9 Å². The van der Waals surface area contributed by atoms with Crippen LogP contribution in [0.3, 0.4) is 0 Å². The SMILES string of the molecule is CCNC(=O)C1(NC(=O)c2cnc(OCC)cn2)CCCC1. The van der Waals surface area contributed by atoms with Crippen LogP contribution in [0.15, 0.2) is 12.4 Å². The molecule has 0 aliphatic heterocycles. The molecule has 7 heteroatoms. The van der Waals surface area contributed by atoms with Crippen LogP contribution in [-0.2, 0) is 4.79 Å². The number of carbonyl (C=O) groups is 2. The van der Waals surface area contributed by atoms with E-state index in [-0.39, 0.29) is 17.5 Å². The van der Waals surface area contributed by atoms with Gasteiger partial charge in [-0.2, -0.15) is 0 Å². The Morgan fingerprint density at radius 3 is 2.50 bits per heavy atom. The van der Waals surface area contributed by atoms with E-state index in [1.165, 1.54) is 12.4 Å². The summed E-state index contributed by atoms with van der Waals surface area (Å²) in [7, 11) is 0. The zero-order chi connectivity index (χ0) is 16.0. The molecule has 1 aromatic heterocycles. The summed E-state index contributed by atoms with van der Waals surface area (Å²) >= 11 is 0. The van der Waals surface area contributed by atoms with Crippen LogP contribution in [0.1, 0.15) is 50.0 Å². The monoisotopic (exact) mass is 306 g/mol. The van der Waals surface area contributed by atoms with Gasteiger partial charge in [0.15, 0.2) is 0 Å². The van der Waals surface area contributed by atoms with Crippen molar-refractivity contribution in [2.75, 3.05) is 13.2 Å². The van der Waals surface area contributed by atoms with Crippen LogP contribution in [0.25, 0.3) is 0 Å². The van der Waals surface area contributed by atoms with Gasteiger partial charge < -0.3 is 15.4 Å². The van der Waals surface area contributed by atoms with Crippen molar-refractivity contribution in [3.05, 3.63) is 18.1 Å². The molecular weight excluding hydrogens is 284 g/mol. The Bertz CT molecular complexity index is 524. The molecule has 2 amide bonds. The molecule has 120 valence electrons. The van der Waals surface area contributed by atoms with Gasteiger partial charge in [-0.05, 0) is 26.7 Å². The summed E-state index contributed by atoms with van der Waals surface area (Å²) in [5, 5.41) is 5.65. The molecule has 0 bridgehead atoms. The molecule has 22 heavy (non-hydrogen) atoms. The van der Waals surface area contributed by atoms with Gasteiger partial charge in [0.05, 0.1) is 19.0 Å². The van der Waals surface area contributed by atoms with E-state index in [2.05, 4.69) is 20.6 Å². The first-order chi connectivity index (χ1) is 10.6. The quantitative estimate of drug-likeness (QED) is 0.819. The third-order valence-electron chi connectivity index (χ3n) is 3.73. The Balaban J connectivity index is 2.09. The zero-order valence-corrected chi connectivity index (χ0v) is 13.0. The van der Waals surface area contributed by atoms with E-state index in [0.717, 1.165) is 12.8 Å². The summed E-state index contributed by atoms with van der Waals surface area (Å²) in [5.74, 6) is -0.137. The van der Waals surface area contributed by atoms with Gasteiger partial charge in [0.2, 0.25) is 11.8 Å². The van der Waals surface area contributed by atoms with Crippen LogP contribution >= 0.6 is 0 Å². The van der Waals surface area contributed by atoms with Crippen molar-refractivity contribution in [1.29, 1.82) is 0 Å². The van der Waals surface area contributed by atoms with Crippen molar-refractivity contribution in [3.8, 4) is 5.88 Å². The normalized spacial score (nSPS) is 16.1. The number of ether oxygens (including phenoxy) is 1. The summed E-state index contributed by atoms with van der Waals surface area (Å²) in [5.41, 5.74) is -0.646. The number of hydrogen-bond donors (Lipinski definition) is 2. The van der Waals surface area contributed by atoms with Crippen molar-refractivity contribution in [2.45, 2.75) is 45.1 Å². The van der Waals surface area contributed by atoms with E-state index in [4.69, 9.17) is 4.74 Å². The van der Waals surface area contributed by atoms with Crippen LogP contribution in [-0.4, -0.2) is 40.5 Å². The Hall–Kier alpha value is -2.18. The van der Waals surface area contributed by atoms with Gasteiger partial charge in [-0.1, -0.05) is 12.8 Å². The maximum absolute atomic E-state index is 12.3. The predicted octanol–water partition coefficient (Wildman–Crippen LogP) is 1.05. The smallest absolute Gasteiger partial charge is 0.272 e. The summed E-state index contributed by atoms with van der Waals surface area (Å²) in [6.45, 7) is 4.73. The van der Waals surface area contributed by atoms with E-state index in [9.17, 15) is 9.59 Å². The minimum absolute atomic E-state index is 0.125. The molecule has 0 aromatic carbocycles. The average molecular weight is 306 g/mol. The molecule has 1 heterocycles. The Labute approximate surface area is 129 Å². The molecule has 1 fully saturated rings. The van der Waals surface area contributed by atoms with E-state index in [1.807, 2.05) is 13.8 Å². The van der Waals surface area contributed by atoms with Crippen LogP contribution in [0.2, 0.25) is 0 Å². The third kappa shape index (κ3) is 3.52. The van der Waals surface area contributed by atoms with Crippen molar-refractivity contribution < 1.29 is 14.3 Å². The van der Waals surface area contributed by atoms with E-state index < -0.39 is 5.54 Å². The number of carbonyl (C=O) groups excluding carboxylic acids is 2. The summed E-state index contributed by atoms with van der Waals surface area (Å²) in [6.07, 6.45) is 5.91. The fourth-order valence-corrected chi connectivity index (χ4v) is 2.65. The highest BCUT2D eigenvalue weighted by atomic mass is 16.5. The molecule has 7 nitrogen and oxygen atoms in total. The van der Waals surface area contributed by atoms with Gasteiger partial charge in [-0.3, -0.25) is 9.59 Å². The summed E-state index contributed by atoms with van der Waals surface area (Å²) in [6, 6.07) is 0. The molecule has 0 unspecified atom stereocenters. The third-order valence-corrected chi connectivity index (χ3v) is 3.73. The van der Waals surface area contributed by atoms with Crippen molar-refractivity contribution >= 4 is 11.8 Å². The lowest BCUT2D eigenvalue weighted by Gasteiger charge is -2.28. The van der Waals surface area contributed by atoms with Gasteiger partial charge in [0.1, 0.15) is 11.2 Å². The topological polar surface area (TPSA) is 93.2 Å². The highest BCUT2D eigenvalue weighted by Gasteiger charge is 2.42. The first-order valence-corrected chi connectivity index (χ1v) is 7.67. The predicted molar refractivity (Wildman–Crippen MR) is 80.5 cm³/mol. The van der Waals surface area contributed by atoms with Gasteiger partial charge in [-0.25, -0.2) is 9.97 Å². The fourth-order valence-electron chi connectivity index (χ4n) is 2.65. The van der Waals surface area contributed by atoms with E-state index >= 15 is 0 Å².